The van der Waals surface area contributed by atoms with Crippen molar-refractivity contribution >= 4 is 5.91 Å². The maximum Gasteiger partial charge on any atom is 0.255 e. The van der Waals surface area contributed by atoms with E-state index in [0.29, 0.717) is 24.5 Å². The Bertz CT molecular complexity index is 325. The lowest BCUT2D eigenvalue weighted by molar-refractivity contribution is 0.0934. The molecule has 1 amide bonds. The van der Waals surface area contributed by atoms with Gasteiger partial charge in [-0.25, -0.2) is 0 Å². The van der Waals surface area contributed by atoms with Gasteiger partial charge in [0.1, 0.15) is 5.75 Å². The van der Waals surface area contributed by atoms with Crippen LogP contribution in [-0.4, -0.2) is 33.3 Å². The largest absolute Gasteiger partial charge is 0.496 e. The van der Waals surface area contributed by atoms with E-state index >= 15 is 0 Å². The van der Waals surface area contributed by atoms with Crippen LogP contribution in [0, 0.1) is 0 Å². The Morgan fingerprint density at radius 1 is 1.33 bits per heavy atom. The number of hydrogen-bond donors (Lipinski definition) is 1. The standard InChI is InChI=1S/C11H15NO3/c1-14-8-7-12-11(13)9-5-3-4-6-10(9)15-2/h3-6H,7-8H2,1-2H3,(H,12,13). The molecule has 1 aromatic carbocycles. The Labute approximate surface area is 89.2 Å². The highest BCUT2D eigenvalue weighted by atomic mass is 16.5. The molecular weight excluding hydrogens is 194 g/mol. The predicted octanol–water partition coefficient (Wildman–Crippen LogP) is 1.07. The van der Waals surface area contributed by atoms with Crippen molar-refractivity contribution in [2.75, 3.05) is 27.4 Å². The van der Waals surface area contributed by atoms with E-state index in [-0.39, 0.29) is 5.91 Å². The molecule has 0 aliphatic carbocycles. The smallest absolute Gasteiger partial charge is 0.255 e. The minimum absolute atomic E-state index is 0.149. The normalized spacial score (nSPS) is 9.73. The van der Waals surface area contributed by atoms with Gasteiger partial charge in [0.15, 0.2) is 0 Å². The molecule has 15 heavy (non-hydrogen) atoms. The lowest BCUT2D eigenvalue weighted by Crippen LogP contribution is -2.27. The molecule has 1 N–H and O–H groups in total. The summed E-state index contributed by atoms with van der Waals surface area (Å²) in [6, 6.07) is 7.10. The number of carbonyl (C=O) groups excluding carboxylic acids is 1. The number of carbonyl (C=O) groups is 1. The first-order valence-electron chi connectivity index (χ1n) is 4.69. The van der Waals surface area contributed by atoms with Crippen molar-refractivity contribution in [1.29, 1.82) is 0 Å². The Hall–Kier alpha value is -1.55. The highest BCUT2D eigenvalue weighted by Crippen LogP contribution is 2.16. The highest BCUT2D eigenvalue weighted by molar-refractivity contribution is 5.96. The monoisotopic (exact) mass is 209 g/mol. The summed E-state index contributed by atoms with van der Waals surface area (Å²) in [4.78, 5) is 11.7. The van der Waals surface area contributed by atoms with Gasteiger partial charge < -0.3 is 14.8 Å². The van der Waals surface area contributed by atoms with Gasteiger partial charge in [-0.15, -0.1) is 0 Å². The fraction of sp³-hybridized carbons (Fsp3) is 0.364. The molecule has 4 nitrogen and oxygen atoms in total. The summed E-state index contributed by atoms with van der Waals surface area (Å²) in [6.07, 6.45) is 0. The number of amides is 1. The third-order valence-electron chi connectivity index (χ3n) is 1.94. The van der Waals surface area contributed by atoms with E-state index < -0.39 is 0 Å². The summed E-state index contributed by atoms with van der Waals surface area (Å²) in [7, 11) is 3.14. The maximum absolute atomic E-state index is 11.7. The molecular formula is C11H15NO3. The van der Waals surface area contributed by atoms with Crippen LogP contribution in [0.4, 0.5) is 0 Å². The second-order valence-electron chi connectivity index (χ2n) is 2.95. The Kier molecular flexibility index (Phi) is 4.63. The zero-order chi connectivity index (χ0) is 11.1. The summed E-state index contributed by atoms with van der Waals surface area (Å²) in [5, 5.41) is 2.73. The number of benzene rings is 1. The third-order valence-corrected chi connectivity index (χ3v) is 1.94. The van der Waals surface area contributed by atoms with Crippen LogP contribution in [-0.2, 0) is 4.74 Å². The quantitative estimate of drug-likeness (QED) is 0.738. The van der Waals surface area contributed by atoms with Crippen molar-refractivity contribution in [3.8, 4) is 5.75 Å². The average molecular weight is 209 g/mol. The Balaban J connectivity index is 2.64. The topological polar surface area (TPSA) is 47.6 Å². The van der Waals surface area contributed by atoms with Crippen molar-refractivity contribution < 1.29 is 14.3 Å². The van der Waals surface area contributed by atoms with Gasteiger partial charge in [0.05, 0.1) is 19.3 Å². The van der Waals surface area contributed by atoms with Crippen LogP contribution in [0.5, 0.6) is 5.75 Å². The van der Waals surface area contributed by atoms with Gasteiger partial charge >= 0.3 is 0 Å². The molecule has 0 aromatic heterocycles. The van der Waals surface area contributed by atoms with E-state index in [1.807, 2.05) is 6.07 Å². The summed E-state index contributed by atoms with van der Waals surface area (Å²) in [6.45, 7) is 0.994. The number of rotatable bonds is 5. The molecule has 0 aliphatic heterocycles. The average Bonchev–Trinajstić information content (AvgIpc) is 2.29. The van der Waals surface area contributed by atoms with Crippen LogP contribution >= 0.6 is 0 Å². The molecule has 4 heteroatoms. The summed E-state index contributed by atoms with van der Waals surface area (Å²) in [5.74, 6) is 0.428. The molecule has 0 heterocycles. The summed E-state index contributed by atoms with van der Waals surface area (Å²) < 4.78 is 9.92. The SMILES string of the molecule is COCCNC(=O)c1ccccc1OC. The number of para-hydroxylation sites is 1. The van der Waals surface area contributed by atoms with Gasteiger partial charge in [0, 0.05) is 13.7 Å². The van der Waals surface area contributed by atoms with Crippen LogP contribution < -0.4 is 10.1 Å². The lowest BCUT2D eigenvalue weighted by Gasteiger charge is -2.08. The van der Waals surface area contributed by atoms with Gasteiger partial charge in [-0.1, -0.05) is 12.1 Å². The van der Waals surface area contributed by atoms with Gasteiger partial charge in [-0.05, 0) is 12.1 Å². The van der Waals surface area contributed by atoms with E-state index in [0.717, 1.165) is 0 Å². The maximum atomic E-state index is 11.7. The van der Waals surface area contributed by atoms with Crippen LogP contribution in [0.1, 0.15) is 10.4 Å². The first-order valence-corrected chi connectivity index (χ1v) is 4.69. The molecule has 0 aliphatic rings. The van der Waals surface area contributed by atoms with E-state index in [9.17, 15) is 4.79 Å². The van der Waals surface area contributed by atoms with Crippen molar-refractivity contribution in [2.24, 2.45) is 0 Å². The van der Waals surface area contributed by atoms with Crippen LogP contribution in [0.15, 0.2) is 24.3 Å². The molecule has 0 bridgehead atoms. The molecule has 1 rings (SSSR count). The molecule has 0 saturated carbocycles. The first-order chi connectivity index (χ1) is 7.29. The zero-order valence-electron chi connectivity index (χ0n) is 8.95. The summed E-state index contributed by atoms with van der Waals surface area (Å²) >= 11 is 0. The molecule has 0 radical (unpaired) electrons. The molecule has 0 spiro atoms. The molecule has 0 saturated heterocycles. The fourth-order valence-electron chi connectivity index (χ4n) is 1.19. The van der Waals surface area contributed by atoms with Gasteiger partial charge in [0.25, 0.3) is 5.91 Å². The fourth-order valence-corrected chi connectivity index (χ4v) is 1.19. The second-order valence-corrected chi connectivity index (χ2v) is 2.95. The minimum atomic E-state index is -0.149. The molecule has 0 unspecified atom stereocenters. The number of nitrogens with one attached hydrogen (secondary N) is 1. The first kappa shape index (κ1) is 11.5. The van der Waals surface area contributed by atoms with Crippen molar-refractivity contribution in [2.45, 2.75) is 0 Å². The van der Waals surface area contributed by atoms with E-state index in [1.165, 1.54) is 0 Å². The number of methoxy groups -OCH3 is 2. The van der Waals surface area contributed by atoms with Gasteiger partial charge in [-0.3, -0.25) is 4.79 Å². The molecule has 0 atom stereocenters. The zero-order valence-corrected chi connectivity index (χ0v) is 8.95. The third kappa shape index (κ3) is 3.25. The van der Waals surface area contributed by atoms with Crippen LogP contribution in [0.2, 0.25) is 0 Å². The highest BCUT2D eigenvalue weighted by Gasteiger charge is 2.09. The number of ether oxygens (including phenoxy) is 2. The molecule has 0 fully saturated rings. The van der Waals surface area contributed by atoms with Gasteiger partial charge in [-0.2, -0.15) is 0 Å². The predicted molar refractivity (Wildman–Crippen MR) is 57.2 cm³/mol. The van der Waals surface area contributed by atoms with E-state index in [1.54, 1.807) is 32.4 Å². The number of hydrogen-bond acceptors (Lipinski definition) is 3. The van der Waals surface area contributed by atoms with E-state index in [2.05, 4.69) is 5.32 Å². The van der Waals surface area contributed by atoms with Crippen LogP contribution in [0.25, 0.3) is 0 Å². The van der Waals surface area contributed by atoms with Crippen LogP contribution in [0.3, 0.4) is 0 Å². The summed E-state index contributed by atoms with van der Waals surface area (Å²) in [5.41, 5.74) is 0.538. The molecule has 1 aromatic rings. The van der Waals surface area contributed by atoms with Crippen molar-refractivity contribution in [3.63, 3.8) is 0 Å². The van der Waals surface area contributed by atoms with E-state index in [4.69, 9.17) is 9.47 Å². The Morgan fingerprint density at radius 2 is 2.07 bits per heavy atom. The molecule has 82 valence electrons. The van der Waals surface area contributed by atoms with Gasteiger partial charge in [0.2, 0.25) is 0 Å². The minimum Gasteiger partial charge on any atom is -0.496 e. The Morgan fingerprint density at radius 3 is 2.73 bits per heavy atom. The van der Waals surface area contributed by atoms with Crippen molar-refractivity contribution in [3.05, 3.63) is 29.8 Å². The lowest BCUT2D eigenvalue weighted by atomic mass is 10.2. The van der Waals surface area contributed by atoms with Crippen molar-refractivity contribution in [1.82, 2.24) is 5.32 Å². The second kappa shape index (κ2) is 6.03.